The Bertz CT molecular complexity index is 168. The topological polar surface area (TPSA) is 32.3 Å². The van der Waals surface area contributed by atoms with Crippen LogP contribution in [0.25, 0.3) is 0 Å². The number of hydrogen-bond donors (Lipinski definition) is 2. The van der Waals surface area contributed by atoms with Gasteiger partial charge in [-0.3, -0.25) is 0 Å². The SMILES string of the molecule is CCCNC1(CCO)CCCCC1CC. The minimum atomic E-state index is 0.248. The molecule has 2 nitrogen and oxygen atoms in total. The van der Waals surface area contributed by atoms with Gasteiger partial charge in [0.15, 0.2) is 0 Å². The van der Waals surface area contributed by atoms with Crippen molar-refractivity contribution in [3.8, 4) is 0 Å². The molecular weight excluding hydrogens is 186 g/mol. The van der Waals surface area contributed by atoms with Crippen LogP contribution in [0.1, 0.15) is 58.8 Å². The molecule has 2 atom stereocenters. The molecule has 1 saturated carbocycles. The number of aliphatic hydroxyl groups is 1. The number of nitrogens with one attached hydrogen (secondary N) is 1. The average Bonchev–Trinajstić information content (AvgIpc) is 2.27. The summed E-state index contributed by atoms with van der Waals surface area (Å²) < 4.78 is 0. The van der Waals surface area contributed by atoms with Crippen LogP contribution in [0.15, 0.2) is 0 Å². The summed E-state index contributed by atoms with van der Waals surface area (Å²) in [6.45, 7) is 5.92. The van der Waals surface area contributed by atoms with Gasteiger partial charge in [0.2, 0.25) is 0 Å². The highest BCUT2D eigenvalue weighted by atomic mass is 16.3. The van der Waals surface area contributed by atoms with Gasteiger partial charge in [0.25, 0.3) is 0 Å². The highest BCUT2D eigenvalue weighted by molar-refractivity contribution is 4.96. The van der Waals surface area contributed by atoms with E-state index >= 15 is 0 Å². The van der Waals surface area contributed by atoms with E-state index in [1.165, 1.54) is 38.5 Å². The fraction of sp³-hybridized carbons (Fsp3) is 1.00. The Hall–Kier alpha value is -0.0800. The molecule has 0 saturated heterocycles. The van der Waals surface area contributed by atoms with Gasteiger partial charge in [-0.25, -0.2) is 0 Å². The summed E-state index contributed by atoms with van der Waals surface area (Å²) in [6.07, 6.45) is 8.66. The molecule has 1 rings (SSSR count). The summed E-state index contributed by atoms with van der Waals surface area (Å²) in [7, 11) is 0. The minimum absolute atomic E-state index is 0.248. The summed E-state index contributed by atoms with van der Waals surface area (Å²) in [4.78, 5) is 0. The minimum Gasteiger partial charge on any atom is -0.396 e. The van der Waals surface area contributed by atoms with Crippen LogP contribution in [0.3, 0.4) is 0 Å². The number of rotatable bonds is 6. The number of hydrogen-bond acceptors (Lipinski definition) is 2. The molecule has 0 aromatic carbocycles. The van der Waals surface area contributed by atoms with E-state index in [0.29, 0.717) is 6.61 Å². The molecule has 2 unspecified atom stereocenters. The molecule has 0 aromatic rings. The van der Waals surface area contributed by atoms with E-state index in [4.69, 9.17) is 0 Å². The Morgan fingerprint density at radius 3 is 2.73 bits per heavy atom. The second-order valence-corrected chi connectivity index (χ2v) is 4.91. The van der Waals surface area contributed by atoms with Crippen LogP contribution < -0.4 is 5.32 Å². The highest BCUT2D eigenvalue weighted by Gasteiger charge is 2.38. The Labute approximate surface area is 94.5 Å². The zero-order chi connectivity index (χ0) is 11.1. The van der Waals surface area contributed by atoms with Gasteiger partial charge in [-0.2, -0.15) is 0 Å². The normalized spacial score (nSPS) is 31.8. The molecule has 90 valence electrons. The van der Waals surface area contributed by atoms with Crippen molar-refractivity contribution in [3.05, 3.63) is 0 Å². The van der Waals surface area contributed by atoms with Crippen molar-refractivity contribution in [2.45, 2.75) is 64.3 Å². The first-order valence-corrected chi connectivity index (χ1v) is 6.65. The monoisotopic (exact) mass is 213 g/mol. The van der Waals surface area contributed by atoms with Crippen molar-refractivity contribution >= 4 is 0 Å². The summed E-state index contributed by atoms with van der Waals surface area (Å²) in [5.74, 6) is 0.768. The first-order valence-electron chi connectivity index (χ1n) is 6.65. The Kier molecular flexibility index (Phi) is 5.62. The lowest BCUT2D eigenvalue weighted by atomic mass is 9.69. The van der Waals surface area contributed by atoms with E-state index in [2.05, 4.69) is 19.2 Å². The quantitative estimate of drug-likeness (QED) is 0.711. The van der Waals surface area contributed by atoms with E-state index in [0.717, 1.165) is 18.9 Å². The first-order chi connectivity index (χ1) is 7.29. The Morgan fingerprint density at radius 1 is 1.33 bits per heavy atom. The standard InChI is InChI=1S/C13H27NO/c1-3-10-14-13(9-11-15)8-6-5-7-12(13)4-2/h12,14-15H,3-11H2,1-2H3. The van der Waals surface area contributed by atoms with Crippen LogP contribution in [-0.2, 0) is 0 Å². The molecular formula is C13H27NO. The van der Waals surface area contributed by atoms with Crippen molar-refractivity contribution in [3.63, 3.8) is 0 Å². The fourth-order valence-corrected chi connectivity index (χ4v) is 3.13. The van der Waals surface area contributed by atoms with Crippen LogP contribution in [0, 0.1) is 5.92 Å². The summed E-state index contributed by atoms with van der Waals surface area (Å²) >= 11 is 0. The zero-order valence-electron chi connectivity index (χ0n) is 10.4. The molecule has 0 bridgehead atoms. The summed E-state index contributed by atoms with van der Waals surface area (Å²) in [6, 6.07) is 0. The van der Waals surface area contributed by atoms with Gasteiger partial charge in [0.05, 0.1) is 0 Å². The fourth-order valence-electron chi connectivity index (χ4n) is 3.13. The predicted octanol–water partition coefficient (Wildman–Crippen LogP) is 2.71. The molecule has 0 aromatic heterocycles. The summed E-state index contributed by atoms with van der Waals surface area (Å²) in [5, 5.41) is 13.0. The van der Waals surface area contributed by atoms with Crippen molar-refractivity contribution in [1.82, 2.24) is 5.32 Å². The van der Waals surface area contributed by atoms with E-state index in [9.17, 15) is 5.11 Å². The third-order valence-corrected chi connectivity index (χ3v) is 3.98. The van der Waals surface area contributed by atoms with Crippen LogP contribution in [-0.4, -0.2) is 23.8 Å². The molecule has 1 aliphatic carbocycles. The van der Waals surface area contributed by atoms with Gasteiger partial charge in [-0.15, -0.1) is 0 Å². The largest absolute Gasteiger partial charge is 0.396 e. The molecule has 1 fully saturated rings. The molecule has 15 heavy (non-hydrogen) atoms. The third-order valence-electron chi connectivity index (χ3n) is 3.98. The maximum atomic E-state index is 9.26. The molecule has 1 aliphatic rings. The second kappa shape index (κ2) is 6.49. The van der Waals surface area contributed by atoms with Crippen molar-refractivity contribution in [2.75, 3.05) is 13.2 Å². The lowest BCUT2D eigenvalue weighted by molar-refractivity contribution is 0.0998. The van der Waals surface area contributed by atoms with E-state index in [1.54, 1.807) is 0 Å². The molecule has 0 radical (unpaired) electrons. The van der Waals surface area contributed by atoms with Gasteiger partial charge in [0, 0.05) is 12.1 Å². The van der Waals surface area contributed by atoms with Crippen molar-refractivity contribution in [2.24, 2.45) is 5.92 Å². The molecule has 0 amide bonds. The van der Waals surface area contributed by atoms with Gasteiger partial charge in [0.1, 0.15) is 0 Å². The molecule has 2 N–H and O–H groups in total. The highest BCUT2D eigenvalue weighted by Crippen LogP contribution is 2.38. The van der Waals surface area contributed by atoms with Gasteiger partial charge < -0.3 is 10.4 Å². The third kappa shape index (κ3) is 3.18. The lowest BCUT2D eigenvalue weighted by Gasteiger charge is -2.45. The van der Waals surface area contributed by atoms with Crippen molar-refractivity contribution < 1.29 is 5.11 Å². The first kappa shape index (κ1) is 13.0. The average molecular weight is 213 g/mol. The van der Waals surface area contributed by atoms with E-state index in [1.807, 2.05) is 0 Å². The molecule has 0 aliphatic heterocycles. The number of aliphatic hydroxyl groups excluding tert-OH is 1. The zero-order valence-corrected chi connectivity index (χ0v) is 10.4. The van der Waals surface area contributed by atoms with E-state index in [-0.39, 0.29) is 5.54 Å². The Morgan fingerprint density at radius 2 is 2.13 bits per heavy atom. The maximum Gasteiger partial charge on any atom is 0.0448 e. The smallest absolute Gasteiger partial charge is 0.0448 e. The van der Waals surface area contributed by atoms with Gasteiger partial charge >= 0.3 is 0 Å². The lowest BCUT2D eigenvalue weighted by Crippen LogP contribution is -2.53. The molecule has 0 spiro atoms. The van der Waals surface area contributed by atoms with Crippen LogP contribution in [0.5, 0.6) is 0 Å². The predicted molar refractivity (Wildman–Crippen MR) is 65.0 cm³/mol. The van der Waals surface area contributed by atoms with Crippen LogP contribution in [0.4, 0.5) is 0 Å². The van der Waals surface area contributed by atoms with Crippen LogP contribution >= 0.6 is 0 Å². The van der Waals surface area contributed by atoms with Crippen molar-refractivity contribution in [1.29, 1.82) is 0 Å². The van der Waals surface area contributed by atoms with Gasteiger partial charge in [-0.05, 0) is 38.1 Å². The maximum absolute atomic E-state index is 9.26. The summed E-state index contributed by atoms with van der Waals surface area (Å²) in [5.41, 5.74) is 0.248. The van der Waals surface area contributed by atoms with Gasteiger partial charge in [-0.1, -0.05) is 33.1 Å². The van der Waals surface area contributed by atoms with Crippen LogP contribution in [0.2, 0.25) is 0 Å². The Balaban J connectivity index is 2.64. The molecule has 2 heteroatoms. The second-order valence-electron chi connectivity index (χ2n) is 4.91. The molecule has 0 heterocycles. The van der Waals surface area contributed by atoms with E-state index < -0.39 is 0 Å².